The molecule has 0 aliphatic carbocycles. The smallest absolute Gasteiger partial charge is 0.328 e. The minimum Gasteiger partial charge on any atom is -0.467 e. The highest BCUT2D eigenvalue weighted by Gasteiger charge is 2.30. The monoisotopic (exact) mass is 351 g/mol. The summed E-state index contributed by atoms with van der Waals surface area (Å²) in [5.74, 6) is -0.697. The number of esters is 1. The molecule has 134 valence electrons. The fourth-order valence-electron chi connectivity index (χ4n) is 3.10. The third kappa shape index (κ3) is 3.31. The molecule has 1 heterocycles. The van der Waals surface area contributed by atoms with Crippen LogP contribution in [0.5, 0.6) is 0 Å². The Bertz CT molecular complexity index is 935. The first-order valence-corrected chi connectivity index (χ1v) is 8.38. The summed E-state index contributed by atoms with van der Waals surface area (Å²) >= 11 is 0. The van der Waals surface area contributed by atoms with Gasteiger partial charge in [0.1, 0.15) is 12.6 Å². The van der Waals surface area contributed by atoms with Crippen molar-refractivity contribution >= 4 is 28.3 Å². The number of carbonyl (C=O) groups excluding carboxylic acids is 2. The Kier molecular flexibility index (Phi) is 5.02. The molecule has 0 saturated heterocycles. The number of hydrogen-bond acceptors (Lipinski definition) is 4. The van der Waals surface area contributed by atoms with Gasteiger partial charge in [-0.05, 0) is 30.9 Å². The maximum Gasteiger partial charge on any atom is 0.328 e. The van der Waals surface area contributed by atoms with E-state index in [1.807, 2.05) is 43.3 Å². The van der Waals surface area contributed by atoms with Gasteiger partial charge in [0, 0.05) is 17.8 Å². The summed E-state index contributed by atoms with van der Waals surface area (Å²) in [6.45, 7) is 3.64. The molecule has 1 amide bonds. The van der Waals surface area contributed by atoms with E-state index in [9.17, 15) is 9.59 Å². The van der Waals surface area contributed by atoms with Crippen molar-refractivity contribution in [3.63, 3.8) is 0 Å². The molecule has 0 bridgehead atoms. The molecule has 0 N–H and O–H groups in total. The molecule has 0 aliphatic rings. The van der Waals surface area contributed by atoms with Crippen molar-refractivity contribution < 1.29 is 14.3 Å². The van der Waals surface area contributed by atoms with Crippen LogP contribution in [0.4, 0.5) is 5.69 Å². The number of methoxy groups -OCH3 is 1. The van der Waals surface area contributed by atoms with Gasteiger partial charge in [0.25, 0.3) is 0 Å². The van der Waals surface area contributed by atoms with E-state index in [1.54, 1.807) is 30.1 Å². The third-order valence-electron chi connectivity index (χ3n) is 4.40. The van der Waals surface area contributed by atoms with E-state index in [4.69, 9.17) is 4.74 Å². The summed E-state index contributed by atoms with van der Waals surface area (Å²) in [6, 6.07) is 12.8. The maximum absolute atomic E-state index is 13.1. The lowest BCUT2D eigenvalue weighted by Crippen LogP contribution is -2.46. The molecule has 6 heteroatoms. The van der Waals surface area contributed by atoms with Gasteiger partial charge in [0.2, 0.25) is 5.91 Å². The molecule has 0 radical (unpaired) electrons. The Morgan fingerprint density at radius 2 is 1.96 bits per heavy atom. The summed E-state index contributed by atoms with van der Waals surface area (Å²) in [6.07, 6.45) is 3.33. The van der Waals surface area contributed by atoms with Crippen molar-refractivity contribution in [1.29, 1.82) is 0 Å². The first kappa shape index (κ1) is 17.7. The number of aryl methyl sites for hydroxylation is 1. The Labute approximate surface area is 152 Å². The Balaban J connectivity index is 2.13. The molecule has 6 nitrogen and oxygen atoms in total. The van der Waals surface area contributed by atoms with Gasteiger partial charge in [0.15, 0.2) is 0 Å². The second-order valence-corrected chi connectivity index (χ2v) is 6.12. The number of carbonyl (C=O) groups is 2. The van der Waals surface area contributed by atoms with Crippen LogP contribution in [0, 0.1) is 6.92 Å². The van der Waals surface area contributed by atoms with Crippen molar-refractivity contribution in [2.24, 2.45) is 0 Å². The van der Waals surface area contributed by atoms with Crippen LogP contribution in [0.25, 0.3) is 10.8 Å². The fraction of sp³-hybridized carbons (Fsp3) is 0.250. The second-order valence-electron chi connectivity index (χ2n) is 6.12. The molecule has 1 atom stereocenters. The average Bonchev–Trinajstić information content (AvgIpc) is 3.15. The molecular formula is C20H21N3O3. The van der Waals surface area contributed by atoms with Gasteiger partial charge in [-0.3, -0.25) is 14.4 Å². The van der Waals surface area contributed by atoms with Gasteiger partial charge < -0.3 is 4.74 Å². The van der Waals surface area contributed by atoms with Crippen LogP contribution in [0.1, 0.15) is 12.5 Å². The van der Waals surface area contributed by atoms with Crippen LogP contribution in [0.3, 0.4) is 0 Å². The summed E-state index contributed by atoms with van der Waals surface area (Å²) < 4.78 is 6.44. The number of anilines is 1. The number of hydrogen-bond donors (Lipinski definition) is 0. The Morgan fingerprint density at radius 3 is 2.65 bits per heavy atom. The zero-order valence-corrected chi connectivity index (χ0v) is 15.0. The molecule has 0 spiro atoms. The quantitative estimate of drug-likeness (QED) is 0.663. The zero-order chi connectivity index (χ0) is 18.7. The minimum absolute atomic E-state index is 0.0387. The summed E-state index contributed by atoms with van der Waals surface area (Å²) in [5, 5.41) is 6.01. The van der Waals surface area contributed by atoms with Crippen molar-refractivity contribution in [3.05, 3.63) is 60.4 Å². The lowest BCUT2D eigenvalue weighted by Gasteiger charge is -2.30. The molecule has 2 aromatic carbocycles. The fourth-order valence-corrected chi connectivity index (χ4v) is 3.10. The molecule has 0 fully saturated rings. The highest BCUT2D eigenvalue weighted by atomic mass is 16.5. The van der Waals surface area contributed by atoms with E-state index in [1.165, 1.54) is 12.0 Å². The van der Waals surface area contributed by atoms with Crippen LogP contribution in [0.15, 0.2) is 54.9 Å². The Hall–Kier alpha value is -3.15. The van der Waals surface area contributed by atoms with E-state index in [2.05, 4.69) is 5.10 Å². The number of benzene rings is 2. The Morgan fingerprint density at radius 1 is 1.19 bits per heavy atom. The van der Waals surface area contributed by atoms with Crippen LogP contribution in [-0.2, 0) is 20.9 Å². The van der Waals surface area contributed by atoms with Gasteiger partial charge in [-0.1, -0.05) is 36.4 Å². The molecule has 3 aromatic rings. The highest BCUT2D eigenvalue weighted by Crippen LogP contribution is 2.32. The molecule has 3 rings (SSSR count). The number of aromatic nitrogens is 2. The van der Waals surface area contributed by atoms with E-state index >= 15 is 0 Å². The lowest BCUT2D eigenvalue weighted by atomic mass is 10.0. The average molecular weight is 351 g/mol. The predicted molar refractivity (Wildman–Crippen MR) is 99.9 cm³/mol. The number of fused-ring (bicyclic) bond motifs is 1. The van der Waals surface area contributed by atoms with Gasteiger partial charge in [0.05, 0.1) is 12.8 Å². The summed E-state index contributed by atoms with van der Waals surface area (Å²) in [5.41, 5.74) is 1.63. The number of ether oxygens (including phenoxy) is 1. The van der Waals surface area contributed by atoms with Crippen LogP contribution in [-0.4, -0.2) is 34.8 Å². The van der Waals surface area contributed by atoms with Crippen molar-refractivity contribution in [2.45, 2.75) is 26.4 Å². The molecule has 0 saturated carbocycles. The van der Waals surface area contributed by atoms with E-state index < -0.39 is 12.0 Å². The van der Waals surface area contributed by atoms with Crippen LogP contribution >= 0.6 is 0 Å². The number of amides is 1. The minimum atomic E-state index is -0.757. The molecule has 0 aliphatic heterocycles. The number of nitrogens with zero attached hydrogens (tertiary/aromatic N) is 3. The maximum atomic E-state index is 13.1. The molecule has 0 unspecified atom stereocenters. The molecule has 1 aromatic heterocycles. The van der Waals surface area contributed by atoms with Gasteiger partial charge in [-0.2, -0.15) is 5.10 Å². The van der Waals surface area contributed by atoms with Crippen LogP contribution in [0.2, 0.25) is 0 Å². The first-order valence-electron chi connectivity index (χ1n) is 8.38. The van der Waals surface area contributed by atoms with Gasteiger partial charge in [-0.15, -0.1) is 0 Å². The predicted octanol–water partition coefficient (Wildman–Crippen LogP) is 2.94. The highest BCUT2D eigenvalue weighted by molar-refractivity contribution is 6.07. The lowest BCUT2D eigenvalue weighted by molar-refractivity contribution is -0.143. The second kappa shape index (κ2) is 7.39. The zero-order valence-electron chi connectivity index (χ0n) is 15.0. The SMILES string of the molecule is COC(=O)[C@H](C)N(C(=O)Cn1cccn1)c1c(C)ccc2ccccc12. The topological polar surface area (TPSA) is 64.4 Å². The summed E-state index contributed by atoms with van der Waals surface area (Å²) in [7, 11) is 1.32. The normalized spacial score (nSPS) is 12.0. The van der Waals surface area contributed by atoms with Crippen molar-refractivity contribution in [1.82, 2.24) is 9.78 Å². The van der Waals surface area contributed by atoms with Crippen molar-refractivity contribution in [3.8, 4) is 0 Å². The van der Waals surface area contributed by atoms with Crippen LogP contribution < -0.4 is 4.90 Å². The largest absolute Gasteiger partial charge is 0.467 e. The summed E-state index contributed by atoms with van der Waals surface area (Å²) in [4.78, 5) is 26.9. The standard InChI is InChI=1S/C20H21N3O3/c1-14-9-10-16-7-4-5-8-17(16)19(14)23(15(2)20(25)26-3)18(24)13-22-12-6-11-21-22/h4-12,15H,13H2,1-3H3/t15-/m0/s1. The van der Waals surface area contributed by atoms with E-state index in [0.29, 0.717) is 0 Å². The number of rotatable bonds is 5. The molecule has 26 heavy (non-hydrogen) atoms. The van der Waals surface area contributed by atoms with Gasteiger partial charge >= 0.3 is 5.97 Å². The van der Waals surface area contributed by atoms with E-state index in [-0.39, 0.29) is 12.5 Å². The molecular weight excluding hydrogens is 330 g/mol. The third-order valence-corrected chi connectivity index (χ3v) is 4.40. The first-order chi connectivity index (χ1) is 12.5. The van der Waals surface area contributed by atoms with Gasteiger partial charge in [-0.25, -0.2) is 4.79 Å². The van der Waals surface area contributed by atoms with Crippen molar-refractivity contribution in [2.75, 3.05) is 12.0 Å². The van der Waals surface area contributed by atoms with E-state index in [0.717, 1.165) is 22.0 Å².